The molecular formula is C21H21Cl2N3O4S2. The lowest BCUT2D eigenvalue weighted by Crippen LogP contribution is -2.14. The van der Waals surface area contributed by atoms with Gasteiger partial charge in [-0.2, -0.15) is 0 Å². The fourth-order valence-corrected chi connectivity index (χ4v) is 5.11. The molecule has 2 N–H and O–H groups in total. The first-order valence-corrected chi connectivity index (χ1v) is 12.9. The summed E-state index contributed by atoms with van der Waals surface area (Å²) in [7, 11) is -3.77. The molecule has 2 aromatic carbocycles. The average Bonchev–Trinajstić information content (AvgIpc) is 3.25. The van der Waals surface area contributed by atoms with Crippen molar-refractivity contribution in [3.8, 4) is 5.75 Å². The van der Waals surface area contributed by atoms with Crippen LogP contribution in [0.15, 0.2) is 52.9 Å². The van der Waals surface area contributed by atoms with E-state index in [1.54, 1.807) is 5.38 Å². The van der Waals surface area contributed by atoms with Gasteiger partial charge in [0.2, 0.25) is 0 Å². The first kappa shape index (κ1) is 24.3. The molecule has 0 aliphatic rings. The van der Waals surface area contributed by atoms with E-state index in [1.807, 2.05) is 0 Å². The standard InChI is InChI=1S/C21H21Cl2N3O4S2/c1-2-3-4-10-30-19-17(22)12-14(13-18(19)23)20(27)25-15-5-7-16(8-6-15)32(28,29)26-21-24-9-11-31-21/h5-9,11-13H,2-4,10H2,1H3,(H,24,26)(H,25,27). The number of benzene rings is 2. The minimum absolute atomic E-state index is 0.0429. The number of hydrogen-bond donors (Lipinski definition) is 2. The maximum Gasteiger partial charge on any atom is 0.263 e. The Labute approximate surface area is 200 Å². The molecule has 0 fully saturated rings. The van der Waals surface area contributed by atoms with Crippen molar-refractivity contribution in [2.24, 2.45) is 0 Å². The van der Waals surface area contributed by atoms with Gasteiger partial charge in [0.1, 0.15) is 0 Å². The number of amides is 1. The molecule has 0 aliphatic carbocycles. The van der Waals surface area contributed by atoms with E-state index in [1.165, 1.54) is 53.9 Å². The van der Waals surface area contributed by atoms with Gasteiger partial charge in [-0.05, 0) is 42.8 Å². The van der Waals surface area contributed by atoms with Crippen LogP contribution in [-0.2, 0) is 10.0 Å². The third kappa shape index (κ3) is 6.35. The number of ether oxygens (including phenoxy) is 1. The highest BCUT2D eigenvalue weighted by Crippen LogP contribution is 2.34. The van der Waals surface area contributed by atoms with Crippen LogP contribution in [0.1, 0.15) is 36.5 Å². The lowest BCUT2D eigenvalue weighted by atomic mass is 10.2. The highest BCUT2D eigenvalue weighted by atomic mass is 35.5. The second-order valence-electron chi connectivity index (χ2n) is 6.75. The Hall–Kier alpha value is -2.33. The number of nitrogens with zero attached hydrogens (tertiary/aromatic N) is 1. The monoisotopic (exact) mass is 513 g/mol. The van der Waals surface area contributed by atoms with Crippen LogP contribution in [0.25, 0.3) is 0 Å². The molecule has 0 saturated heterocycles. The van der Waals surface area contributed by atoms with Crippen molar-refractivity contribution in [1.29, 1.82) is 0 Å². The number of halogens is 2. The van der Waals surface area contributed by atoms with Crippen molar-refractivity contribution >= 4 is 61.3 Å². The Morgan fingerprint density at radius 2 is 1.81 bits per heavy atom. The molecule has 0 radical (unpaired) electrons. The molecule has 0 aliphatic heterocycles. The van der Waals surface area contributed by atoms with Crippen LogP contribution in [0, 0.1) is 0 Å². The Morgan fingerprint density at radius 1 is 1.12 bits per heavy atom. The van der Waals surface area contributed by atoms with Gasteiger partial charge >= 0.3 is 0 Å². The van der Waals surface area contributed by atoms with E-state index in [2.05, 4.69) is 21.9 Å². The molecule has 7 nitrogen and oxygen atoms in total. The molecule has 0 spiro atoms. The zero-order valence-electron chi connectivity index (χ0n) is 17.1. The van der Waals surface area contributed by atoms with Crippen molar-refractivity contribution in [3.05, 3.63) is 63.6 Å². The zero-order chi connectivity index (χ0) is 23.1. The molecule has 1 heterocycles. The molecule has 11 heteroatoms. The number of sulfonamides is 1. The number of carbonyl (C=O) groups excluding carboxylic acids is 1. The second-order valence-corrected chi connectivity index (χ2v) is 10.1. The highest BCUT2D eigenvalue weighted by molar-refractivity contribution is 7.93. The van der Waals surface area contributed by atoms with E-state index in [-0.39, 0.29) is 25.6 Å². The number of carbonyl (C=O) groups is 1. The molecule has 0 atom stereocenters. The van der Waals surface area contributed by atoms with Crippen molar-refractivity contribution in [2.45, 2.75) is 31.1 Å². The topological polar surface area (TPSA) is 97.4 Å². The molecule has 3 rings (SSSR count). The normalized spacial score (nSPS) is 11.2. The molecule has 170 valence electrons. The fraction of sp³-hybridized carbons (Fsp3) is 0.238. The molecule has 0 saturated carbocycles. The Balaban J connectivity index is 1.66. The summed E-state index contributed by atoms with van der Waals surface area (Å²) in [6, 6.07) is 8.71. The smallest absolute Gasteiger partial charge is 0.263 e. The lowest BCUT2D eigenvalue weighted by molar-refractivity contribution is 0.102. The van der Waals surface area contributed by atoms with Gasteiger partial charge in [-0.25, -0.2) is 13.4 Å². The van der Waals surface area contributed by atoms with Gasteiger partial charge in [0, 0.05) is 22.8 Å². The summed E-state index contributed by atoms with van der Waals surface area (Å²) in [5, 5.41) is 5.12. The molecule has 3 aromatic rings. The third-order valence-electron chi connectivity index (χ3n) is 4.33. The number of unbranched alkanes of at least 4 members (excludes halogenated alkanes) is 2. The van der Waals surface area contributed by atoms with Crippen LogP contribution < -0.4 is 14.8 Å². The van der Waals surface area contributed by atoms with Crippen molar-refractivity contribution in [3.63, 3.8) is 0 Å². The van der Waals surface area contributed by atoms with Crippen LogP contribution in [0.3, 0.4) is 0 Å². The van der Waals surface area contributed by atoms with Crippen LogP contribution in [0.4, 0.5) is 10.8 Å². The van der Waals surface area contributed by atoms with Crippen molar-refractivity contribution in [1.82, 2.24) is 4.98 Å². The number of nitrogens with one attached hydrogen (secondary N) is 2. The molecule has 32 heavy (non-hydrogen) atoms. The Morgan fingerprint density at radius 3 is 2.41 bits per heavy atom. The summed E-state index contributed by atoms with van der Waals surface area (Å²) in [5.41, 5.74) is 0.665. The molecule has 1 amide bonds. The van der Waals surface area contributed by atoms with Crippen molar-refractivity contribution in [2.75, 3.05) is 16.6 Å². The van der Waals surface area contributed by atoms with Gasteiger partial charge in [0.15, 0.2) is 10.9 Å². The second kappa shape index (κ2) is 11.0. The van der Waals surface area contributed by atoms with Gasteiger partial charge in [-0.1, -0.05) is 43.0 Å². The minimum Gasteiger partial charge on any atom is -0.490 e. The van der Waals surface area contributed by atoms with E-state index in [0.29, 0.717) is 18.0 Å². The van der Waals surface area contributed by atoms with Gasteiger partial charge in [0.05, 0.1) is 21.5 Å². The number of hydrogen-bond acceptors (Lipinski definition) is 6. The van der Waals surface area contributed by atoms with Crippen LogP contribution >= 0.6 is 34.5 Å². The number of rotatable bonds is 10. The van der Waals surface area contributed by atoms with Gasteiger partial charge in [0.25, 0.3) is 15.9 Å². The van der Waals surface area contributed by atoms with Crippen molar-refractivity contribution < 1.29 is 17.9 Å². The van der Waals surface area contributed by atoms with E-state index in [4.69, 9.17) is 27.9 Å². The summed E-state index contributed by atoms with van der Waals surface area (Å²) in [5.74, 6) is -0.0915. The Kier molecular flexibility index (Phi) is 8.36. The molecular weight excluding hydrogens is 493 g/mol. The fourth-order valence-electron chi connectivity index (χ4n) is 2.72. The quantitative estimate of drug-likeness (QED) is 0.320. The number of aromatic nitrogens is 1. The zero-order valence-corrected chi connectivity index (χ0v) is 20.2. The van der Waals surface area contributed by atoms with E-state index in [9.17, 15) is 13.2 Å². The maximum absolute atomic E-state index is 12.6. The first-order chi connectivity index (χ1) is 15.3. The maximum atomic E-state index is 12.6. The predicted octanol–water partition coefficient (Wildman–Crippen LogP) is 6.07. The van der Waals surface area contributed by atoms with Gasteiger partial charge in [-0.3, -0.25) is 9.52 Å². The number of anilines is 2. The van der Waals surface area contributed by atoms with Crippen LogP contribution in [0.2, 0.25) is 10.0 Å². The first-order valence-electron chi connectivity index (χ1n) is 9.75. The summed E-state index contributed by atoms with van der Waals surface area (Å²) in [6.07, 6.45) is 4.50. The number of thiazole rings is 1. The van der Waals surface area contributed by atoms with Gasteiger partial charge < -0.3 is 10.1 Å². The van der Waals surface area contributed by atoms with Crippen LogP contribution in [-0.4, -0.2) is 25.9 Å². The largest absolute Gasteiger partial charge is 0.490 e. The average molecular weight is 514 g/mol. The third-order valence-corrected chi connectivity index (χ3v) is 7.07. The molecule has 0 bridgehead atoms. The van der Waals surface area contributed by atoms with E-state index < -0.39 is 15.9 Å². The summed E-state index contributed by atoms with van der Waals surface area (Å²) in [6.45, 7) is 2.59. The predicted molar refractivity (Wildman–Crippen MR) is 129 cm³/mol. The Bertz CT molecular complexity index is 1150. The summed E-state index contributed by atoms with van der Waals surface area (Å²) < 4.78 is 32.8. The summed E-state index contributed by atoms with van der Waals surface area (Å²) >= 11 is 13.7. The summed E-state index contributed by atoms with van der Waals surface area (Å²) in [4.78, 5) is 16.6. The van der Waals surface area contributed by atoms with Crippen LogP contribution in [0.5, 0.6) is 5.75 Å². The SMILES string of the molecule is CCCCCOc1c(Cl)cc(C(=O)Nc2ccc(S(=O)(=O)Nc3nccs3)cc2)cc1Cl. The van der Waals surface area contributed by atoms with E-state index >= 15 is 0 Å². The molecule has 0 unspecified atom stereocenters. The van der Waals surface area contributed by atoms with Gasteiger partial charge in [-0.15, -0.1) is 11.3 Å². The highest BCUT2D eigenvalue weighted by Gasteiger charge is 2.17. The minimum atomic E-state index is -3.77. The molecule has 1 aromatic heterocycles. The lowest BCUT2D eigenvalue weighted by Gasteiger charge is -2.12. The van der Waals surface area contributed by atoms with E-state index in [0.717, 1.165) is 19.3 Å².